The smallest absolute Gasteiger partial charge is 0.236 e. The normalized spacial score (nSPS) is 18.5. The topological polar surface area (TPSA) is 72.2 Å². The Bertz CT molecular complexity index is 477. The highest BCUT2D eigenvalue weighted by molar-refractivity contribution is 5.95. The molecule has 0 aromatic heterocycles. The van der Waals surface area contributed by atoms with Crippen LogP contribution in [0, 0.1) is 0 Å². The van der Waals surface area contributed by atoms with Crippen molar-refractivity contribution in [1.29, 1.82) is 0 Å². The van der Waals surface area contributed by atoms with Gasteiger partial charge in [-0.3, -0.25) is 9.59 Å². The lowest BCUT2D eigenvalue weighted by atomic mass is 9.75. The Labute approximate surface area is 119 Å². The summed E-state index contributed by atoms with van der Waals surface area (Å²) in [6.07, 6.45) is 3.84. The Kier molecular flexibility index (Phi) is 4.55. The lowest BCUT2D eigenvalue weighted by Crippen LogP contribution is -2.45. The first kappa shape index (κ1) is 14.7. The molecule has 1 aliphatic carbocycles. The van der Waals surface area contributed by atoms with E-state index in [4.69, 9.17) is 5.73 Å². The molecule has 0 saturated heterocycles. The van der Waals surface area contributed by atoms with Crippen molar-refractivity contribution < 1.29 is 9.59 Å². The van der Waals surface area contributed by atoms with Gasteiger partial charge in [0.25, 0.3) is 0 Å². The van der Waals surface area contributed by atoms with Gasteiger partial charge in [-0.05, 0) is 25.3 Å². The highest BCUT2D eigenvalue weighted by Gasteiger charge is 2.41. The van der Waals surface area contributed by atoms with Crippen molar-refractivity contribution in [2.45, 2.75) is 44.1 Å². The number of Topliss-reactive ketones (excluding diaryl/α,β-unsaturated/α-hetero) is 1. The minimum absolute atomic E-state index is 0.0647. The Morgan fingerprint density at radius 2 is 1.85 bits per heavy atom. The maximum Gasteiger partial charge on any atom is 0.236 e. The molecule has 1 atom stereocenters. The minimum Gasteiger partial charge on any atom is -0.348 e. The van der Waals surface area contributed by atoms with E-state index in [1.807, 2.05) is 30.3 Å². The number of nitrogens with two attached hydrogens (primary N) is 1. The van der Waals surface area contributed by atoms with E-state index in [1.54, 1.807) is 6.92 Å². The third kappa shape index (κ3) is 2.90. The Morgan fingerprint density at radius 1 is 1.25 bits per heavy atom. The third-order valence-corrected chi connectivity index (χ3v) is 4.15. The highest BCUT2D eigenvalue weighted by atomic mass is 16.2. The van der Waals surface area contributed by atoms with Gasteiger partial charge in [0.1, 0.15) is 0 Å². The molecule has 4 heteroatoms. The first-order valence-electron chi connectivity index (χ1n) is 7.18. The van der Waals surface area contributed by atoms with E-state index in [0.29, 0.717) is 0 Å². The van der Waals surface area contributed by atoms with Gasteiger partial charge < -0.3 is 11.1 Å². The summed E-state index contributed by atoms with van der Waals surface area (Å²) in [6, 6.07) is 9.31. The Hall–Kier alpha value is -1.68. The van der Waals surface area contributed by atoms with Crippen LogP contribution in [0.3, 0.4) is 0 Å². The van der Waals surface area contributed by atoms with Gasteiger partial charge in [-0.15, -0.1) is 0 Å². The van der Waals surface area contributed by atoms with Crippen molar-refractivity contribution in [3.63, 3.8) is 0 Å². The summed E-state index contributed by atoms with van der Waals surface area (Å²) in [4.78, 5) is 24.2. The first-order valence-corrected chi connectivity index (χ1v) is 7.18. The second-order valence-corrected chi connectivity index (χ2v) is 5.58. The van der Waals surface area contributed by atoms with Gasteiger partial charge in [-0.2, -0.15) is 0 Å². The van der Waals surface area contributed by atoms with Gasteiger partial charge in [-0.25, -0.2) is 0 Å². The van der Waals surface area contributed by atoms with E-state index in [0.717, 1.165) is 31.2 Å². The van der Waals surface area contributed by atoms with Gasteiger partial charge in [0.15, 0.2) is 5.78 Å². The molecule has 0 aliphatic heterocycles. The molecule has 1 amide bonds. The zero-order valence-corrected chi connectivity index (χ0v) is 11.9. The molecule has 1 aliphatic rings. The maximum absolute atomic E-state index is 12.6. The van der Waals surface area contributed by atoms with Crippen LogP contribution < -0.4 is 11.1 Å². The fourth-order valence-corrected chi connectivity index (χ4v) is 2.96. The number of benzene rings is 1. The number of hydrogen-bond acceptors (Lipinski definition) is 3. The van der Waals surface area contributed by atoms with Crippen molar-refractivity contribution >= 4 is 11.7 Å². The maximum atomic E-state index is 12.6. The molecule has 1 fully saturated rings. The molecule has 4 nitrogen and oxygen atoms in total. The van der Waals surface area contributed by atoms with E-state index >= 15 is 0 Å². The summed E-state index contributed by atoms with van der Waals surface area (Å²) in [5, 5.41) is 2.64. The number of carbonyl (C=O) groups is 2. The third-order valence-electron chi connectivity index (χ3n) is 4.15. The van der Waals surface area contributed by atoms with Crippen molar-refractivity contribution in [2.24, 2.45) is 5.73 Å². The number of carbonyl (C=O) groups excluding carboxylic acids is 2. The number of ketones is 1. The van der Waals surface area contributed by atoms with Crippen molar-refractivity contribution in [3.05, 3.63) is 35.9 Å². The Morgan fingerprint density at radius 3 is 2.40 bits per heavy atom. The summed E-state index contributed by atoms with van der Waals surface area (Å²) in [5.41, 5.74) is 6.14. The van der Waals surface area contributed by atoms with Crippen molar-refractivity contribution in [2.75, 3.05) is 6.54 Å². The second-order valence-electron chi connectivity index (χ2n) is 5.58. The van der Waals surface area contributed by atoms with E-state index in [1.165, 1.54) is 0 Å². The Balaban J connectivity index is 2.13. The average molecular weight is 274 g/mol. The molecule has 108 valence electrons. The van der Waals surface area contributed by atoms with Gasteiger partial charge in [0.2, 0.25) is 5.91 Å². The van der Waals surface area contributed by atoms with Gasteiger partial charge in [0.05, 0.1) is 18.0 Å². The molecule has 2 rings (SSSR count). The second kappa shape index (κ2) is 6.18. The fourth-order valence-electron chi connectivity index (χ4n) is 2.96. The summed E-state index contributed by atoms with van der Waals surface area (Å²) in [7, 11) is 0. The number of amides is 1. The van der Waals surface area contributed by atoms with Crippen LogP contribution >= 0.6 is 0 Å². The van der Waals surface area contributed by atoms with Crippen LogP contribution in [0.1, 0.15) is 38.2 Å². The van der Waals surface area contributed by atoms with Crippen LogP contribution in [0.25, 0.3) is 0 Å². The molecule has 0 heterocycles. The van der Waals surface area contributed by atoms with Crippen molar-refractivity contribution in [1.82, 2.24) is 5.32 Å². The van der Waals surface area contributed by atoms with Gasteiger partial charge >= 0.3 is 0 Å². The van der Waals surface area contributed by atoms with E-state index in [-0.39, 0.29) is 18.2 Å². The summed E-state index contributed by atoms with van der Waals surface area (Å²) in [5.74, 6) is -0.185. The largest absolute Gasteiger partial charge is 0.348 e. The van der Waals surface area contributed by atoms with Gasteiger partial charge in [-0.1, -0.05) is 43.2 Å². The molecular weight excluding hydrogens is 252 g/mol. The van der Waals surface area contributed by atoms with Gasteiger partial charge in [0, 0.05) is 0 Å². The van der Waals surface area contributed by atoms with E-state index in [2.05, 4.69) is 5.32 Å². The lowest BCUT2D eigenvalue weighted by molar-refractivity contribution is -0.128. The zero-order valence-electron chi connectivity index (χ0n) is 11.9. The molecule has 1 aromatic carbocycles. The first-order chi connectivity index (χ1) is 9.56. The fraction of sp³-hybridized carbons (Fsp3) is 0.500. The molecule has 20 heavy (non-hydrogen) atoms. The van der Waals surface area contributed by atoms with Crippen LogP contribution in [0.2, 0.25) is 0 Å². The molecule has 0 unspecified atom stereocenters. The lowest BCUT2D eigenvalue weighted by Gasteiger charge is -2.28. The molecule has 1 saturated carbocycles. The predicted molar refractivity (Wildman–Crippen MR) is 78.3 cm³/mol. The highest BCUT2D eigenvalue weighted by Crippen LogP contribution is 2.41. The SMILES string of the molecule is C[C@H](N)C(=O)NCC(=O)C1(c2ccccc2)CCCC1. The zero-order chi connectivity index (χ0) is 14.6. The summed E-state index contributed by atoms with van der Waals surface area (Å²) < 4.78 is 0. The molecule has 1 aromatic rings. The molecule has 3 N–H and O–H groups in total. The van der Waals surface area contributed by atoms with Crippen LogP contribution in [-0.2, 0) is 15.0 Å². The standard InChI is InChI=1S/C16H22N2O2/c1-12(17)15(20)18-11-14(19)16(9-5-6-10-16)13-7-3-2-4-8-13/h2-4,7-8,12H,5-6,9-11,17H2,1H3,(H,18,20)/t12-/m0/s1. The molecule has 0 bridgehead atoms. The molecule has 0 radical (unpaired) electrons. The van der Waals surface area contributed by atoms with E-state index in [9.17, 15) is 9.59 Å². The van der Waals surface area contributed by atoms with Crippen LogP contribution in [0.4, 0.5) is 0 Å². The quantitative estimate of drug-likeness (QED) is 0.855. The molecular formula is C16H22N2O2. The van der Waals surface area contributed by atoms with Crippen molar-refractivity contribution in [3.8, 4) is 0 Å². The van der Waals surface area contributed by atoms with Crippen LogP contribution in [0.15, 0.2) is 30.3 Å². The minimum atomic E-state index is -0.584. The van der Waals surface area contributed by atoms with Crippen LogP contribution in [-0.4, -0.2) is 24.3 Å². The number of nitrogens with one attached hydrogen (secondary N) is 1. The van der Waals surface area contributed by atoms with E-state index < -0.39 is 11.5 Å². The summed E-state index contributed by atoms with van der Waals surface area (Å²) in [6.45, 7) is 1.68. The summed E-state index contributed by atoms with van der Waals surface area (Å²) >= 11 is 0. The van der Waals surface area contributed by atoms with Crippen LogP contribution in [0.5, 0.6) is 0 Å². The molecule has 0 spiro atoms. The number of hydrogen-bond donors (Lipinski definition) is 2. The average Bonchev–Trinajstić information content (AvgIpc) is 2.96. The number of rotatable bonds is 5. The predicted octanol–water partition coefficient (Wildman–Crippen LogP) is 1.53. The monoisotopic (exact) mass is 274 g/mol.